The molecule has 6 nitrogen and oxygen atoms in total. The number of nitrogens with zero attached hydrogens (tertiary/aromatic N) is 3. The van der Waals surface area contributed by atoms with E-state index in [1.165, 1.54) is 0 Å². The minimum absolute atomic E-state index is 0.241. The minimum Gasteiger partial charge on any atom is -0.384 e. The van der Waals surface area contributed by atoms with Crippen LogP contribution in [0.15, 0.2) is 18.2 Å². The Kier molecular flexibility index (Phi) is 3.50. The van der Waals surface area contributed by atoms with E-state index >= 15 is 0 Å². The number of nitrogens with one attached hydrogen (secondary N) is 1. The average molecular weight is 259 g/mol. The highest BCUT2D eigenvalue weighted by Gasteiger charge is 2.12. The van der Waals surface area contributed by atoms with Crippen molar-refractivity contribution in [1.82, 2.24) is 20.1 Å². The number of aromatic nitrogens is 3. The number of hydrogen-bond acceptors (Lipinski definition) is 4. The zero-order valence-corrected chi connectivity index (χ0v) is 11.3. The Labute approximate surface area is 111 Å². The van der Waals surface area contributed by atoms with Crippen molar-refractivity contribution in [2.75, 3.05) is 5.73 Å². The largest absolute Gasteiger partial charge is 0.384 e. The van der Waals surface area contributed by atoms with Crippen LogP contribution in [-0.4, -0.2) is 20.7 Å². The zero-order valence-electron chi connectivity index (χ0n) is 11.3. The highest BCUT2D eigenvalue weighted by molar-refractivity contribution is 5.92. The number of carbonyl (C=O) groups is 1. The van der Waals surface area contributed by atoms with Crippen molar-refractivity contribution in [3.63, 3.8) is 0 Å². The predicted molar refractivity (Wildman–Crippen MR) is 72.5 cm³/mol. The van der Waals surface area contributed by atoms with Gasteiger partial charge in [0, 0.05) is 24.8 Å². The number of carbonyl (C=O) groups excluding carboxylic acids is 1. The normalized spacial score (nSPS) is 10.5. The average Bonchev–Trinajstić information content (AvgIpc) is 2.61. The standard InChI is InChI=1S/C13H17N5O/c1-8-10(9(2)18(3)17-8)7-15-13(19)11-5-4-6-12(14)16-11/h4-6H,7H2,1-3H3,(H2,14,16)(H,15,19). The van der Waals surface area contributed by atoms with Crippen LogP contribution in [-0.2, 0) is 13.6 Å². The molecule has 2 aromatic rings. The maximum Gasteiger partial charge on any atom is 0.270 e. The van der Waals surface area contributed by atoms with Crippen molar-refractivity contribution < 1.29 is 4.79 Å². The molecule has 0 bridgehead atoms. The summed E-state index contributed by atoms with van der Waals surface area (Å²) >= 11 is 0. The van der Waals surface area contributed by atoms with Gasteiger partial charge in [0.25, 0.3) is 5.91 Å². The van der Waals surface area contributed by atoms with Gasteiger partial charge in [-0.15, -0.1) is 0 Å². The lowest BCUT2D eigenvalue weighted by Crippen LogP contribution is -2.24. The van der Waals surface area contributed by atoms with E-state index < -0.39 is 0 Å². The van der Waals surface area contributed by atoms with Crippen molar-refractivity contribution in [1.29, 1.82) is 0 Å². The maximum atomic E-state index is 11.9. The molecule has 100 valence electrons. The molecule has 0 saturated carbocycles. The molecule has 0 atom stereocenters. The highest BCUT2D eigenvalue weighted by Crippen LogP contribution is 2.11. The van der Waals surface area contributed by atoms with Crippen LogP contribution in [0, 0.1) is 13.8 Å². The second-order valence-electron chi connectivity index (χ2n) is 4.40. The Morgan fingerprint density at radius 3 is 2.74 bits per heavy atom. The number of nitrogen functional groups attached to an aromatic ring is 1. The van der Waals surface area contributed by atoms with E-state index in [1.54, 1.807) is 22.9 Å². The topological polar surface area (TPSA) is 85.8 Å². The van der Waals surface area contributed by atoms with Gasteiger partial charge in [-0.3, -0.25) is 9.48 Å². The SMILES string of the molecule is Cc1nn(C)c(C)c1CNC(=O)c1cccc(N)n1. The van der Waals surface area contributed by atoms with Crippen LogP contribution in [0.3, 0.4) is 0 Å². The van der Waals surface area contributed by atoms with Gasteiger partial charge in [0.1, 0.15) is 11.5 Å². The molecule has 2 heterocycles. The lowest BCUT2D eigenvalue weighted by Gasteiger charge is -2.05. The number of aryl methyl sites for hydroxylation is 2. The number of amides is 1. The molecule has 0 fully saturated rings. The molecule has 1 amide bonds. The monoisotopic (exact) mass is 259 g/mol. The summed E-state index contributed by atoms with van der Waals surface area (Å²) in [6.07, 6.45) is 0. The first-order chi connectivity index (χ1) is 8.99. The maximum absolute atomic E-state index is 11.9. The molecule has 0 aliphatic rings. The van der Waals surface area contributed by atoms with Crippen molar-refractivity contribution in [2.45, 2.75) is 20.4 Å². The Hall–Kier alpha value is -2.37. The summed E-state index contributed by atoms with van der Waals surface area (Å²) in [7, 11) is 1.88. The van der Waals surface area contributed by atoms with Gasteiger partial charge in [-0.25, -0.2) is 4.98 Å². The molecule has 0 aromatic carbocycles. The van der Waals surface area contributed by atoms with Gasteiger partial charge in [0.15, 0.2) is 0 Å². The molecule has 19 heavy (non-hydrogen) atoms. The van der Waals surface area contributed by atoms with Crippen LogP contribution in [0.1, 0.15) is 27.4 Å². The molecular formula is C13H17N5O. The Morgan fingerprint density at radius 2 is 2.16 bits per heavy atom. The van der Waals surface area contributed by atoms with Gasteiger partial charge in [-0.1, -0.05) is 6.07 Å². The van der Waals surface area contributed by atoms with E-state index in [-0.39, 0.29) is 5.91 Å². The fourth-order valence-corrected chi connectivity index (χ4v) is 1.91. The molecule has 3 N–H and O–H groups in total. The molecule has 2 rings (SSSR count). The fraction of sp³-hybridized carbons (Fsp3) is 0.308. The predicted octanol–water partition coefficient (Wildman–Crippen LogP) is 0.944. The lowest BCUT2D eigenvalue weighted by atomic mass is 10.2. The summed E-state index contributed by atoms with van der Waals surface area (Å²) in [6, 6.07) is 4.98. The number of hydrogen-bond donors (Lipinski definition) is 2. The lowest BCUT2D eigenvalue weighted by molar-refractivity contribution is 0.0946. The molecular weight excluding hydrogens is 242 g/mol. The van der Waals surface area contributed by atoms with Gasteiger partial charge in [-0.2, -0.15) is 5.10 Å². The Balaban J connectivity index is 2.09. The molecule has 6 heteroatoms. The van der Waals surface area contributed by atoms with E-state index in [0.29, 0.717) is 18.1 Å². The van der Waals surface area contributed by atoms with Crippen molar-refractivity contribution in [3.05, 3.63) is 40.8 Å². The van der Waals surface area contributed by atoms with E-state index in [1.807, 2.05) is 20.9 Å². The summed E-state index contributed by atoms with van der Waals surface area (Å²) in [5.74, 6) is 0.0938. The van der Waals surface area contributed by atoms with Crippen LogP contribution in [0.25, 0.3) is 0 Å². The fourth-order valence-electron chi connectivity index (χ4n) is 1.91. The molecule has 0 spiro atoms. The van der Waals surface area contributed by atoms with Crippen LogP contribution in [0.4, 0.5) is 5.82 Å². The van der Waals surface area contributed by atoms with Crippen molar-refractivity contribution in [3.8, 4) is 0 Å². The molecule has 0 aliphatic carbocycles. The first-order valence-corrected chi connectivity index (χ1v) is 5.99. The summed E-state index contributed by atoms with van der Waals surface area (Å²) in [5, 5.41) is 7.13. The first kappa shape index (κ1) is 13.1. The third-order valence-corrected chi connectivity index (χ3v) is 3.09. The number of pyridine rings is 1. The Bertz CT molecular complexity index is 617. The second-order valence-corrected chi connectivity index (χ2v) is 4.40. The second kappa shape index (κ2) is 5.09. The van der Waals surface area contributed by atoms with Crippen molar-refractivity contribution in [2.24, 2.45) is 7.05 Å². The van der Waals surface area contributed by atoms with E-state index in [4.69, 9.17) is 5.73 Å². The van der Waals surface area contributed by atoms with Crippen LogP contribution in [0.5, 0.6) is 0 Å². The summed E-state index contributed by atoms with van der Waals surface area (Å²) in [5.41, 5.74) is 8.85. The van der Waals surface area contributed by atoms with Crippen LogP contribution in [0.2, 0.25) is 0 Å². The van der Waals surface area contributed by atoms with E-state index in [2.05, 4.69) is 15.4 Å². The number of nitrogens with two attached hydrogens (primary N) is 1. The summed E-state index contributed by atoms with van der Waals surface area (Å²) < 4.78 is 1.80. The first-order valence-electron chi connectivity index (χ1n) is 5.99. The number of rotatable bonds is 3. The third kappa shape index (κ3) is 2.73. The highest BCUT2D eigenvalue weighted by atomic mass is 16.1. The smallest absolute Gasteiger partial charge is 0.270 e. The van der Waals surface area contributed by atoms with Gasteiger partial charge >= 0.3 is 0 Å². The van der Waals surface area contributed by atoms with Gasteiger partial charge in [-0.05, 0) is 26.0 Å². The Morgan fingerprint density at radius 1 is 1.42 bits per heavy atom. The van der Waals surface area contributed by atoms with Crippen molar-refractivity contribution >= 4 is 11.7 Å². The summed E-state index contributed by atoms with van der Waals surface area (Å²) in [6.45, 7) is 4.33. The number of anilines is 1. The van der Waals surface area contributed by atoms with E-state index in [0.717, 1.165) is 17.0 Å². The van der Waals surface area contributed by atoms with Gasteiger partial charge in [0.05, 0.1) is 5.69 Å². The third-order valence-electron chi connectivity index (χ3n) is 3.09. The molecule has 0 aliphatic heterocycles. The summed E-state index contributed by atoms with van der Waals surface area (Å²) in [4.78, 5) is 15.9. The van der Waals surface area contributed by atoms with Gasteiger partial charge < -0.3 is 11.1 Å². The van der Waals surface area contributed by atoms with Gasteiger partial charge in [0.2, 0.25) is 0 Å². The van der Waals surface area contributed by atoms with Crippen LogP contribution < -0.4 is 11.1 Å². The van der Waals surface area contributed by atoms with Crippen LogP contribution >= 0.6 is 0 Å². The molecule has 2 aromatic heterocycles. The zero-order chi connectivity index (χ0) is 14.0. The quantitative estimate of drug-likeness (QED) is 0.859. The molecule has 0 saturated heterocycles. The molecule has 0 unspecified atom stereocenters. The minimum atomic E-state index is -0.241. The molecule has 0 radical (unpaired) electrons. The van der Waals surface area contributed by atoms with E-state index in [9.17, 15) is 4.79 Å².